The lowest BCUT2D eigenvalue weighted by molar-refractivity contribution is -0.121. The normalized spacial score (nSPS) is 11.5. The van der Waals surface area contributed by atoms with E-state index in [0.717, 1.165) is 10.6 Å². The van der Waals surface area contributed by atoms with Crippen molar-refractivity contribution >= 4 is 15.9 Å². The first-order valence-electron chi connectivity index (χ1n) is 7.46. The van der Waals surface area contributed by atoms with E-state index in [9.17, 15) is 22.0 Å². The van der Waals surface area contributed by atoms with Gasteiger partial charge < -0.3 is 5.32 Å². The maximum absolute atomic E-state index is 13.7. The van der Waals surface area contributed by atoms with Crippen molar-refractivity contribution in [2.75, 3.05) is 12.8 Å². The highest BCUT2D eigenvalue weighted by molar-refractivity contribution is 7.88. The monoisotopic (exact) mass is 368 g/mol. The number of carbonyl (C=O) groups is 1. The zero-order valence-corrected chi connectivity index (χ0v) is 14.4. The highest BCUT2D eigenvalue weighted by Gasteiger charge is 2.21. The van der Waals surface area contributed by atoms with Crippen molar-refractivity contribution in [1.82, 2.24) is 9.62 Å². The Bertz CT molecular complexity index is 856. The Morgan fingerprint density at radius 1 is 1.00 bits per heavy atom. The van der Waals surface area contributed by atoms with Gasteiger partial charge >= 0.3 is 0 Å². The summed E-state index contributed by atoms with van der Waals surface area (Å²) in [6.45, 7) is -0.816. The van der Waals surface area contributed by atoms with Crippen molar-refractivity contribution in [3.05, 3.63) is 71.3 Å². The summed E-state index contributed by atoms with van der Waals surface area (Å²) in [4.78, 5) is 12.0. The number of amides is 1. The molecule has 0 saturated carbocycles. The van der Waals surface area contributed by atoms with Gasteiger partial charge in [0.15, 0.2) is 0 Å². The number of rotatable bonds is 7. The second-order valence-corrected chi connectivity index (χ2v) is 7.47. The maximum atomic E-state index is 13.7. The van der Waals surface area contributed by atoms with E-state index in [1.165, 1.54) is 36.4 Å². The van der Waals surface area contributed by atoms with Gasteiger partial charge in [0, 0.05) is 24.2 Å². The van der Waals surface area contributed by atoms with Gasteiger partial charge in [-0.3, -0.25) is 4.79 Å². The molecule has 0 atom stereocenters. The molecule has 0 aliphatic carbocycles. The summed E-state index contributed by atoms with van der Waals surface area (Å²) in [5, 5.41) is 2.46. The summed E-state index contributed by atoms with van der Waals surface area (Å²) in [6.07, 6.45) is 0.942. The summed E-state index contributed by atoms with van der Waals surface area (Å²) in [7, 11) is -3.73. The molecule has 2 aromatic rings. The molecular formula is C17H18F2N2O3S. The Morgan fingerprint density at radius 2 is 1.52 bits per heavy atom. The Kier molecular flexibility index (Phi) is 6.22. The smallest absolute Gasteiger partial charge is 0.235 e. The van der Waals surface area contributed by atoms with Crippen molar-refractivity contribution in [2.24, 2.45) is 0 Å². The molecule has 25 heavy (non-hydrogen) atoms. The van der Waals surface area contributed by atoms with Crippen molar-refractivity contribution in [3.63, 3.8) is 0 Å². The van der Waals surface area contributed by atoms with Crippen LogP contribution in [0.3, 0.4) is 0 Å². The third-order valence-electron chi connectivity index (χ3n) is 3.53. The van der Waals surface area contributed by atoms with Crippen molar-refractivity contribution in [1.29, 1.82) is 0 Å². The number of hydrogen-bond donors (Lipinski definition) is 1. The fourth-order valence-electron chi connectivity index (χ4n) is 2.16. The third kappa shape index (κ3) is 5.61. The second kappa shape index (κ2) is 8.17. The predicted molar refractivity (Wildman–Crippen MR) is 89.9 cm³/mol. The molecule has 0 heterocycles. The number of sulfonamides is 1. The molecule has 134 valence electrons. The largest absolute Gasteiger partial charge is 0.351 e. The SMILES string of the molecule is CS(=O)(=O)N(CC(=O)NCc1ccccc1F)Cc1ccccc1F. The average Bonchev–Trinajstić information content (AvgIpc) is 2.54. The van der Waals surface area contributed by atoms with E-state index in [4.69, 9.17) is 0 Å². The van der Waals surface area contributed by atoms with E-state index in [0.29, 0.717) is 0 Å². The van der Waals surface area contributed by atoms with Gasteiger partial charge in [-0.15, -0.1) is 0 Å². The van der Waals surface area contributed by atoms with Gasteiger partial charge in [-0.1, -0.05) is 36.4 Å². The zero-order chi connectivity index (χ0) is 18.4. The highest BCUT2D eigenvalue weighted by atomic mass is 32.2. The molecule has 0 bridgehead atoms. The Hall–Kier alpha value is -2.32. The van der Waals surface area contributed by atoms with Crippen LogP contribution < -0.4 is 5.32 Å². The lowest BCUT2D eigenvalue weighted by Gasteiger charge is -2.20. The van der Waals surface area contributed by atoms with Crippen molar-refractivity contribution in [3.8, 4) is 0 Å². The molecule has 2 rings (SSSR count). The number of carbonyl (C=O) groups excluding carboxylic acids is 1. The highest BCUT2D eigenvalue weighted by Crippen LogP contribution is 2.12. The van der Waals surface area contributed by atoms with Crippen LogP contribution in [-0.4, -0.2) is 31.4 Å². The summed E-state index contributed by atoms with van der Waals surface area (Å²) >= 11 is 0. The van der Waals surface area contributed by atoms with E-state index in [1.807, 2.05) is 0 Å². The quantitative estimate of drug-likeness (QED) is 0.813. The zero-order valence-electron chi connectivity index (χ0n) is 13.6. The van der Waals surface area contributed by atoms with Gasteiger partial charge in [-0.25, -0.2) is 17.2 Å². The average molecular weight is 368 g/mol. The van der Waals surface area contributed by atoms with E-state index < -0.39 is 34.1 Å². The lowest BCUT2D eigenvalue weighted by Crippen LogP contribution is -2.39. The third-order valence-corrected chi connectivity index (χ3v) is 4.72. The molecule has 1 N–H and O–H groups in total. The van der Waals surface area contributed by atoms with Crippen LogP contribution in [0.4, 0.5) is 8.78 Å². The van der Waals surface area contributed by atoms with Crippen LogP contribution in [0, 0.1) is 11.6 Å². The molecule has 0 unspecified atom stereocenters. The summed E-state index contributed by atoms with van der Waals surface area (Å²) in [5.74, 6) is -1.62. The number of nitrogens with zero attached hydrogens (tertiary/aromatic N) is 1. The first kappa shape index (κ1) is 19.0. The minimum absolute atomic E-state index is 0.0667. The van der Waals surface area contributed by atoms with Crippen LogP contribution in [0.2, 0.25) is 0 Å². The Morgan fingerprint density at radius 3 is 2.04 bits per heavy atom. The van der Waals surface area contributed by atoms with E-state index in [2.05, 4.69) is 5.32 Å². The summed E-state index contributed by atoms with van der Waals surface area (Å²) in [5.41, 5.74) is 0.450. The molecule has 0 aromatic heterocycles. The summed E-state index contributed by atoms with van der Waals surface area (Å²) in [6, 6.07) is 11.7. The number of nitrogens with one attached hydrogen (secondary N) is 1. The lowest BCUT2D eigenvalue weighted by atomic mass is 10.2. The molecule has 0 radical (unpaired) electrons. The first-order chi connectivity index (χ1) is 11.8. The van der Waals surface area contributed by atoms with Gasteiger partial charge in [-0.05, 0) is 12.1 Å². The van der Waals surface area contributed by atoms with Crippen LogP contribution in [0.1, 0.15) is 11.1 Å². The molecule has 0 saturated heterocycles. The Labute approximate surface area is 145 Å². The van der Waals surface area contributed by atoms with Gasteiger partial charge in [0.1, 0.15) is 11.6 Å². The van der Waals surface area contributed by atoms with Gasteiger partial charge in [0.05, 0.1) is 12.8 Å². The van der Waals surface area contributed by atoms with Crippen LogP contribution >= 0.6 is 0 Å². The number of benzene rings is 2. The standard InChI is InChI=1S/C17H18F2N2O3S/c1-25(23,24)21(11-14-7-3-5-9-16(14)19)12-17(22)20-10-13-6-2-4-8-15(13)18/h2-9H,10-12H2,1H3,(H,20,22). The Balaban J connectivity index is 2.03. The van der Waals surface area contributed by atoms with Crippen LogP contribution in [0.15, 0.2) is 48.5 Å². The number of hydrogen-bond acceptors (Lipinski definition) is 3. The van der Waals surface area contributed by atoms with E-state index in [1.54, 1.807) is 12.1 Å². The van der Waals surface area contributed by atoms with Crippen LogP contribution in [-0.2, 0) is 27.9 Å². The summed E-state index contributed by atoms with van der Waals surface area (Å²) < 4.78 is 51.9. The molecule has 1 amide bonds. The first-order valence-corrected chi connectivity index (χ1v) is 9.31. The molecule has 2 aromatic carbocycles. The predicted octanol–water partition coefficient (Wildman–Crippen LogP) is 2.04. The van der Waals surface area contributed by atoms with Gasteiger partial charge in [0.25, 0.3) is 0 Å². The van der Waals surface area contributed by atoms with Crippen molar-refractivity contribution < 1.29 is 22.0 Å². The van der Waals surface area contributed by atoms with Crippen LogP contribution in [0.25, 0.3) is 0 Å². The molecule has 0 aliphatic heterocycles. The fraction of sp³-hybridized carbons (Fsp3) is 0.235. The van der Waals surface area contributed by atoms with Crippen molar-refractivity contribution in [2.45, 2.75) is 13.1 Å². The topological polar surface area (TPSA) is 66.5 Å². The van der Waals surface area contributed by atoms with E-state index >= 15 is 0 Å². The molecule has 8 heteroatoms. The second-order valence-electron chi connectivity index (χ2n) is 5.49. The van der Waals surface area contributed by atoms with Gasteiger partial charge in [-0.2, -0.15) is 4.31 Å². The molecule has 0 fully saturated rings. The van der Waals surface area contributed by atoms with Gasteiger partial charge in [0.2, 0.25) is 15.9 Å². The maximum Gasteiger partial charge on any atom is 0.235 e. The minimum Gasteiger partial charge on any atom is -0.351 e. The van der Waals surface area contributed by atoms with E-state index in [-0.39, 0.29) is 24.2 Å². The minimum atomic E-state index is -3.73. The molecule has 0 spiro atoms. The number of halogens is 2. The molecule has 0 aliphatic rings. The van der Waals surface area contributed by atoms with Crippen LogP contribution in [0.5, 0.6) is 0 Å². The fourth-order valence-corrected chi connectivity index (χ4v) is 2.88. The molecule has 5 nitrogen and oxygen atoms in total. The molecular weight excluding hydrogens is 350 g/mol.